The number of β-amino-alcohol motifs (C(OH)–C–C–N with tert-alkyl or cyclic N) is 1. The molecule has 2 amide bonds. The van der Waals surface area contributed by atoms with Crippen molar-refractivity contribution in [2.24, 2.45) is 0 Å². The zero-order chi connectivity index (χ0) is 18.6. The number of nitrogens with zero attached hydrogens (tertiary/aromatic N) is 3. The maximum absolute atomic E-state index is 12.5. The molecule has 3 N–H and O–H groups in total. The van der Waals surface area contributed by atoms with Gasteiger partial charge in [-0.3, -0.25) is 9.59 Å². The van der Waals surface area contributed by atoms with Crippen LogP contribution < -0.4 is 5.32 Å². The van der Waals surface area contributed by atoms with Gasteiger partial charge in [0.15, 0.2) is 0 Å². The first-order chi connectivity index (χ1) is 12.5. The number of aromatic nitrogens is 2. The fraction of sp³-hybridized carbons (Fsp3) is 0.722. The summed E-state index contributed by atoms with van der Waals surface area (Å²) in [6.07, 6.45) is 6.95. The molecule has 8 heteroatoms. The number of piperidine rings is 1. The zero-order valence-corrected chi connectivity index (χ0v) is 15.4. The summed E-state index contributed by atoms with van der Waals surface area (Å²) in [5, 5.41) is 14.1. The molecule has 1 aromatic heterocycles. The van der Waals surface area contributed by atoms with Gasteiger partial charge in [0.1, 0.15) is 5.69 Å². The van der Waals surface area contributed by atoms with E-state index in [1.165, 1.54) is 6.33 Å². The Labute approximate surface area is 154 Å². The Kier molecular flexibility index (Phi) is 5.93. The average Bonchev–Trinajstić information content (AvgIpc) is 3.06. The summed E-state index contributed by atoms with van der Waals surface area (Å²) in [6, 6.07) is 0.245. The molecular weight excluding hydrogens is 334 g/mol. The second kappa shape index (κ2) is 8.18. The highest BCUT2D eigenvalue weighted by Crippen LogP contribution is 2.25. The molecule has 144 valence electrons. The molecule has 8 nitrogen and oxygen atoms in total. The molecule has 1 atom stereocenters. The molecule has 0 saturated carbocycles. The number of carbonyl (C=O) groups excluding carboxylic acids is 2. The monoisotopic (exact) mass is 363 g/mol. The third-order valence-corrected chi connectivity index (χ3v) is 5.45. The molecule has 2 aliphatic heterocycles. The van der Waals surface area contributed by atoms with Crippen LogP contribution in [0.4, 0.5) is 0 Å². The van der Waals surface area contributed by atoms with Gasteiger partial charge in [-0.15, -0.1) is 0 Å². The minimum absolute atomic E-state index is 0.0212. The summed E-state index contributed by atoms with van der Waals surface area (Å²) >= 11 is 0. The van der Waals surface area contributed by atoms with Gasteiger partial charge in [0.2, 0.25) is 5.91 Å². The first-order valence-corrected chi connectivity index (χ1v) is 9.45. The predicted octanol–water partition coefficient (Wildman–Crippen LogP) is 0.367. The average molecular weight is 363 g/mol. The first kappa shape index (κ1) is 18.8. The maximum Gasteiger partial charge on any atom is 0.271 e. The number of hydrogen-bond donors (Lipinski definition) is 3. The number of aromatic amines is 1. The van der Waals surface area contributed by atoms with E-state index in [0.717, 1.165) is 32.4 Å². The molecule has 0 bridgehead atoms. The van der Waals surface area contributed by atoms with Crippen molar-refractivity contribution in [2.45, 2.75) is 50.7 Å². The number of rotatable bonds is 4. The Balaban J connectivity index is 1.50. The van der Waals surface area contributed by atoms with Crippen LogP contribution in [0.3, 0.4) is 0 Å². The van der Waals surface area contributed by atoms with Gasteiger partial charge in [-0.25, -0.2) is 4.98 Å². The molecule has 2 aliphatic rings. The molecule has 0 aliphatic carbocycles. The van der Waals surface area contributed by atoms with Crippen molar-refractivity contribution >= 4 is 11.8 Å². The lowest BCUT2D eigenvalue weighted by Gasteiger charge is -2.38. The van der Waals surface area contributed by atoms with Crippen LogP contribution in [0.1, 0.15) is 49.5 Å². The van der Waals surface area contributed by atoms with Crippen LogP contribution in [-0.4, -0.2) is 81.1 Å². The SMILES string of the molecule is CC(=O)NC1CCN(CC2(O)CCCN(C(=O)c3cnc[nH]3)CC2)CC1. The fourth-order valence-electron chi connectivity index (χ4n) is 4.02. The fourth-order valence-corrected chi connectivity index (χ4v) is 4.02. The number of carbonyl (C=O) groups is 2. The van der Waals surface area contributed by atoms with Gasteiger partial charge in [-0.1, -0.05) is 0 Å². The molecule has 0 spiro atoms. The lowest BCUT2D eigenvalue weighted by molar-refractivity contribution is -0.120. The van der Waals surface area contributed by atoms with Gasteiger partial charge in [0, 0.05) is 45.7 Å². The van der Waals surface area contributed by atoms with Crippen molar-refractivity contribution in [3.05, 3.63) is 18.2 Å². The molecule has 1 aromatic rings. The van der Waals surface area contributed by atoms with Crippen LogP contribution in [0.25, 0.3) is 0 Å². The van der Waals surface area contributed by atoms with Gasteiger partial charge >= 0.3 is 0 Å². The van der Waals surface area contributed by atoms with Gasteiger partial charge in [0.05, 0.1) is 18.1 Å². The summed E-state index contributed by atoms with van der Waals surface area (Å²) in [5.74, 6) is -0.0317. The molecule has 2 saturated heterocycles. The standard InChI is InChI=1S/C18H29N5O3/c1-14(24)21-15-3-8-22(9-4-15)12-18(26)5-2-7-23(10-6-18)17(25)16-11-19-13-20-16/h11,13,15,26H,2-10,12H2,1H3,(H,19,20)(H,21,24). The number of aliphatic hydroxyl groups is 1. The Morgan fingerprint density at radius 2 is 2.08 bits per heavy atom. The second-order valence-corrected chi connectivity index (χ2v) is 7.59. The van der Waals surface area contributed by atoms with E-state index < -0.39 is 5.60 Å². The van der Waals surface area contributed by atoms with Crippen molar-refractivity contribution in [1.29, 1.82) is 0 Å². The van der Waals surface area contributed by atoms with E-state index in [-0.39, 0.29) is 17.9 Å². The quantitative estimate of drug-likeness (QED) is 0.717. The van der Waals surface area contributed by atoms with Crippen molar-refractivity contribution in [3.8, 4) is 0 Å². The summed E-state index contributed by atoms with van der Waals surface area (Å²) in [5.41, 5.74) is -0.264. The molecule has 26 heavy (non-hydrogen) atoms. The Bertz CT molecular complexity index is 612. The van der Waals surface area contributed by atoms with E-state index >= 15 is 0 Å². The van der Waals surface area contributed by atoms with Crippen LogP contribution in [0.5, 0.6) is 0 Å². The van der Waals surface area contributed by atoms with Crippen LogP contribution in [0.2, 0.25) is 0 Å². The normalized spacial score (nSPS) is 25.7. The summed E-state index contributed by atoms with van der Waals surface area (Å²) < 4.78 is 0. The Morgan fingerprint density at radius 1 is 1.31 bits per heavy atom. The largest absolute Gasteiger partial charge is 0.388 e. The number of H-pyrrole nitrogens is 1. The lowest BCUT2D eigenvalue weighted by Crippen LogP contribution is -2.50. The predicted molar refractivity (Wildman–Crippen MR) is 96.6 cm³/mol. The molecule has 0 radical (unpaired) electrons. The molecule has 0 aromatic carbocycles. The number of amides is 2. The van der Waals surface area contributed by atoms with Crippen molar-refractivity contribution < 1.29 is 14.7 Å². The minimum atomic E-state index is -0.760. The Hall–Kier alpha value is -1.93. The molecule has 2 fully saturated rings. The molecule has 3 rings (SSSR count). The Morgan fingerprint density at radius 3 is 2.73 bits per heavy atom. The van der Waals surface area contributed by atoms with Crippen LogP contribution >= 0.6 is 0 Å². The summed E-state index contributed by atoms with van der Waals surface area (Å²) in [6.45, 7) is 5.15. The van der Waals surface area contributed by atoms with Gasteiger partial charge in [-0.05, 0) is 32.1 Å². The van der Waals surface area contributed by atoms with E-state index in [2.05, 4.69) is 20.2 Å². The van der Waals surface area contributed by atoms with E-state index in [1.807, 2.05) is 0 Å². The van der Waals surface area contributed by atoms with E-state index in [4.69, 9.17) is 0 Å². The molecular formula is C18H29N5O3. The van der Waals surface area contributed by atoms with Crippen molar-refractivity contribution in [3.63, 3.8) is 0 Å². The van der Waals surface area contributed by atoms with E-state index in [0.29, 0.717) is 38.2 Å². The number of nitrogens with one attached hydrogen (secondary N) is 2. The number of hydrogen-bond acceptors (Lipinski definition) is 5. The minimum Gasteiger partial charge on any atom is -0.388 e. The van der Waals surface area contributed by atoms with E-state index in [1.54, 1.807) is 18.0 Å². The third kappa shape index (κ3) is 4.82. The van der Waals surface area contributed by atoms with Gasteiger partial charge in [-0.2, -0.15) is 0 Å². The van der Waals surface area contributed by atoms with Crippen LogP contribution in [0.15, 0.2) is 12.5 Å². The molecule has 1 unspecified atom stereocenters. The summed E-state index contributed by atoms with van der Waals surface area (Å²) in [4.78, 5) is 34.5. The maximum atomic E-state index is 12.5. The number of imidazole rings is 1. The van der Waals surface area contributed by atoms with Crippen LogP contribution in [-0.2, 0) is 4.79 Å². The molecule has 3 heterocycles. The van der Waals surface area contributed by atoms with Crippen molar-refractivity contribution in [1.82, 2.24) is 25.1 Å². The summed E-state index contributed by atoms with van der Waals surface area (Å²) in [7, 11) is 0. The third-order valence-electron chi connectivity index (χ3n) is 5.45. The number of likely N-dealkylation sites (tertiary alicyclic amines) is 2. The second-order valence-electron chi connectivity index (χ2n) is 7.59. The van der Waals surface area contributed by atoms with Crippen LogP contribution in [0, 0.1) is 0 Å². The van der Waals surface area contributed by atoms with Crippen molar-refractivity contribution in [2.75, 3.05) is 32.7 Å². The lowest BCUT2D eigenvalue weighted by atomic mass is 9.93. The first-order valence-electron chi connectivity index (χ1n) is 9.45. The topological polar surface area (TPSA) is 102 Å². The highest BCUT2D eigenvalue weighted by atomic mass is 16.3. The highest BCUT2D eigenvalue weighted by molar-refractivity contribution is 5.92. The van der Waals surface area contributed by atoms with Gasteiger partial charge in [0.25, 0.3) is 5.91 Å². The van der Waals surface area contributed by atoms with E-state index in [9.17, 15) is 14.7 Å². The zero-order valence-electron chi connectivity index (χ0n) is 15.4. The van der Waals surface area contributed by atoms with Gasteiger partial charge < -0.3 is 25.2 Å². The smallest absolute Gasteiger partial charge is 0.271 e. The highest BCUT2D eigenvalue weighted by Gasteiger charge is 2.34.